The summed E-state index contributed by atoms with van der Waals surface area (Å²) in [5.74, 6) is -1.80. The summed E-state index contributed by atoms with van der Waals surface area (Å²) < 4.78 is 0. The second kappa shape index (κ2) is 5.49. The Hall–Kier alpha value is -2.47. The van der Waals surface area contributed by atoms with Crippen LogP contribution in [0.1, 0.15) is 32.7 Å². The molecule has 0 spiro atoms. The number of imide groups is 1. The second-order valence-corrected chi connectivity index (χ2v) is 5.33. The minimum absolute atomic E-state index is 0.115. The first kappa shape index (κ1) is 13.5. The third-order valence-corrected chi connectivity index (χ3v) is 3.88. The molecule has 1 aromatic heterocycles. The van der Waals surface area contributed by atoms with Crippen LogP contribution in [0.5, 0.6) is 0 Å². The molecule has 0 saturated heterocycles. The molecule has 0 unspecified atom stereocenters. The zero-order valence-corrected chi connectivity index (χ0v) is 11.8. The molecular formula is C15H11NO4S. The van der Waals surface area contributed by atoms with E-state index in [9.17, 15) is 14.4 Å². The fourth-order valence-corrected chi connectivity index (χ4v) is 2.78. The van der Waals surface area contributed by atoms with Gasteiger partial charge in [0.05, 0.1) is 17.5 Å². The van der Waals surface area contributed by atoms with E-state index in [1.54, 1.807) is 23.5 Å². The maximum absolute atomic E-state index is 12.0. The number of carbonyl (C=O) groups excluding carboxylic acids is 3. The quantitative estimate of drug-likeness (QED) is 0.814. The van der Waals surface area contributed by atoms with Crippen LogP contribution >= 0.6 is 11.3 Å². The number of fused-ring (bicyclic) bond motifs is 1. The summed E-state index contributed by atoms with van der Waals surface area (Å²) in [5, 5.41) is 4.40. The van der Waals surface area contributed by atoms with Gasteiger partial charge in [0.15, 0.2) is 0 Å². The van der Waals surface area contributed by atoms with Crippen LogP contribution in [-0.2, 0) is 16.1 Å². The standard InChI is InChI=1S/C15H11NO4S/c17-13(6-5-10-7-8-21-9-10)20-16-14(18)11-3-1-2-4-12(11)15(16)19/h1-4,7-9H,5-6H2. The summed E-state index contributed by atoms with van der Waals surface area (Å²) in [6.45, 7) is 0. The van der Waals surface area contributed by atoms with Gasteiger partial charge in [-0.15, -0.1) is 0 Å². The topological polar surface area (TPSA) is 63.7 Å². The third-order valence-electron chi connectivity index (χ3n) is 3.15. The van der Waals surface area contributed by atoms with Gasteiger partial charge in [-0.3, -0.25) is 9.59 Å². The first-order chi connectivity index (χ1) is 10.2. The SMILES string of the molecule is O=C(CCc1ccsc1)ON1C(=O)c2ccccc2C1=O. The predicted molar refractivity (Wildman–Crippen MR) is 75.7 cm³/mol. The molecule has 2 amide bonds. The smallest absolute Gasteiger partial charge is 0.330 e. The monoisotopic (exact) mass is 301 g/mol. The lowest BCUT2D eigenvalue weighted by Crippen LogP contribution is -2.32. The molecule has 1 aromatic carbocycles. The van der Waals surface area contributed by atoms with E-state index in [0.717, 1.165) is 5.56 Å². The number of aryl methyl sites for hydroxylation is 1. The minimum atomic E-state index is -0.601. The van der Waals surface area contributed by atoms with Gasteiger partial charge in [0, 0.05) is 0 Å². The van der Waals surface area contributed by atoms with Crippen LogP contribution in [0.3, 0.4) is 0 Å². The van der Waals surface area contributed by atoms with Crippen molar-refractivity contribution in [2.75, 3.05) is 0 Å². The maximum Gasteiger partial charge on any atom is 0.333 e. The number of nitrogens with zero attached hydrogens (tertiary/aromatic N) is 1. The normalized spacial score (nSPS) is 13.4. The van der Waals surface area contributed by atoms with Gasteiger partial charge in [-0.2, -0.15) is 11.3 Å². The highest BCUT2D eigenvalue weighted by atomic mass is 32.1. The van der Waals surface area contributed by atoms with E-state index >= 15 is 0 Å². The number of thiophene rings is 1. The average molecular weight is 301 g/mol. The van der Waals surface area contributed by atoms with Crippen LogP contribution in [0.25, 0.3) is 0 Å². The molecule has 3 rings (SSSR count). The van der Waals surface area contributed by atoms with Gasteiger partial charge in [-0.25, -0.2) is 4.79 Å². The van der Waals surface area contributed by atoms with Crippen molar-refractivity contribution in [2.45, 2.75) is 12.8 Å². The predicted octanol–water partition coefficient (Wildman–Crippen LogP) is 2.44. The number of amides is 2. The second-order valence-electron chi connectivity index (χ2n) is 4.55. The highest BCUT2D eigenvalue weighted by Gasteiger charge is 2.38. The summed E-state index contributed by atoms with van der Waals surface area (Å²) in [7, 11) is 0. The number of rotatable bonds is 4. The van der Waals surface area contributed by atoms with Crippen LogP contribution in [0.2, 0.25) is 0 Å². The summed E-state index contributed by atoms with van der Waals surface area (Å²) in [4.78, 5) is 40.7. The van der Waals surface area contributed by atoms with Crippen molar-refractivity contribution < 1.29 is 19.2 Å². The molecule has 6 heteroatoms. The largest absolute Gasteiger partial charge is 0.333 e. The Balaban J connectivity index is 1.65. The van der Waals surface area contributed by atoms with E-state index in [0.29, 0.717) is 11.5 Å². The summed E-state index contributed by atoms with van der Waals surface area (Å²) in [5.41, 5.74) is 1.54. The van der Waals surface area contributed by atoms with E-state index < -0.39 is 17.8 Å². The lowest BCUT2D eigenvalue weighted by Gasteiger charge is -2.12. The number of hydrogen-bond acceptors (Lipinski definition) is 5. The molecule has 0 N–H and O–H groups in total. The van der Waals surface area contributed by atoms with Crippen LogP contribution < -0.4 is 0 Å². The van der Waals surface area contributed by atoms with Gasteiger partial charge in [-0.05, 0) is 40.9 Å². The molecule has 0 saturated carbocycles. The number of benzene rings is 1. The van der Waals surface area contributed by atoms with Crippen LogP contribution in [0, 0.1) is 0 Å². The molecule has 106 valence electrons. The number of hydroxylamine groups is 2. The van der Waals surface area contributed by atoms with Gasteiger partial charge in [0.1, 0.15) is 0 Å². The molecule has 0 bridgehead atoms. The van der Waals surface area contributed by atoms with Gasteiger partial charge in [0.25, 0.3) is 11.8 Å². The lowest BCUT2D eigenvalue weighted by atomic mass is 10.1. The molecule has 2 heterocycles. The van der Waals surface area contributed by atoms with Gasteiger partial charge in [-0.1, -0.05) is 17.2 Å². The van der Waals surface area contributed by atoms with E-state index in [1.165, 1.54) is 12.1 Å². The van der Waals surface area contributed by atoms with Crippen molar-refractivity contribution in [1.82, 2.24) is 5.06 Å². The minimum Gasteiger partial charge on any atom is -0.330 e. The van der Waals surface area contributed by atoms with Gasteiger partial charge in [0.2, 0.25) is 0 Å². The zero-order valence-electron chi connectivity index (χ0n) is 10.9. The van der Waals surface area contributed by atoms with Crippen molar-refractivity contribution in [3.8, 4) is 0 Å². The number of hydrogen-bond donors (Lipinski definition) is 0. The fourth-order valence-electron chi connectivity index (χ4n) is 2.08. The summed E-state index contributed by atoms with van der Waals surface area (Å²) >= 11 is 1.55. The molecule has 0 atom stereocenters. The van der Waals surface area contributed by atoms with Crippen molar-refractivity contribution in [3.05, 3.63) is 57.8 Å². The Bertz CT molecular complexity index is 673. The summed E-state index contributed by atoms with van der Waals surface area (Å²) in [6.07, 6.45) is 0.635. The van der Waals surface area contributed by atoms with Crippen molar-refractivity contribution in [2.24, 2.45) is 0 Å². The molecule has 0 fully saturated rings. The Morgan fingerprint density at radius 3 is 2.33 bits per heavy atom. The average Bonchev–Trinajstić information content (AvgIpc) is 3.09. The Labute approximate surface area is 124 Å². The van der Waals surface area contributed by atoms with E-state index in [2.05, 4.69) is 0 Å². The van der Waals surface area contributed by atoms with E-state index in [-0.39, 0.29) is 17.5 Å². The third kappa shape index (κ3) is 2.57. The van der Waals surface area contributed by atoms with Gasteiger partial charge >= 0.3 is 5.97 Å². The van der Waals surface area contributed by atoms with Gasteiger partial charge < -0.3 is 4.84 Å². The van der Waals surface area contributed by atoms with Crippen molar-refractivity contribution in [1.29, 1.82) is 0 Å². The summed E-state index contributed by atoms with van der Waals surface area (Å²) in [6, 6.07) is 8.31. The van der Waals surface area contributed by atoms with Crippen molar-refractivity contribution in [3.63, 3.8) is 0 Å². The highest BCUT2D eigenvalue weighted by molar-refractivity contribution is 7.07. The Morgan fingerprint density at radius 2 is 1.76 bits per heavy atom. The van der Waals surface area contributed by atoms with Crippen LogP contribution in [0.4, 0.5) is 0 Å². The molecule has 5 nitrogen and oxygen atoms in total. The van der Waals surface area contributed by atoms with Crippen LogP contribution in [-0.4, -0.2) is 22.8 Å². The zero-order chi connectivity index (χ0) is 14.8. The molecule has 1 aliphatic rings. The maximum atomic E-state index is 12.0. The highest BCUT2D eigenvalue weighted by Crippen LogP contribution is 2.23. The Kier molecular flexibility index (Phi) is 3.53. The molecule has 0 radical (unpaired) electrons. The first-order valence-electron chi connectivity index (χ1n) is 6.36. The molecule has 21 heavy (non-hydrogen) atoms. The molecule has 1 aliphatic heterocycles. The van der Waals surface area contributed by atoms with Crippen molar-refractivity contribution >= 4 is 29.1 Å². The molecule has 2 aromatic rings. The number of carbonyl (C=O) groups is 3. The van der Waals surface area contributed by atoms with Crippen LogP contribution in [0.15, 0.2) is 41.1 Å². The van der Waals surface area contributed by atoms with E-state index in [4.69, 9.17) is 4.84 Å². The Morgan fingerprint density at radius 1 is 1.10 bits per heavy atom. The lowest BCUT2D eigenvalue weighted by molar-refractivity contribution is -0.168. The first-order valence-corrected chi connectivity index (χ1v) is 7.31. The fraction of sp³-hybridized carbons (Fsp3) is 0.133. The molecular weight excluding hydrogens is 290 g/mol. The molecule has 0 aliphatic carbocycles. The van der Waals surface area contributed by atoms with E-state index in [1.807, 2.05) is 16.8 Å².